The molecule has 94 valence electrons. The highest BCUT2D eigenvalue weighted by molar-refractivity contribution is 5.77. The zero-order chi connectivity index (χ0) is 13.5. The van der Waals surface area contributed by atoms with Gasteiger partial charge >= 0.3 is 0 Å². The number of nitrogens with two attached hydrogens (primary N) is 1. The Morgan fingerprint density at radius 2 is 2.22 bits per heavy atom. The van der Waals surface area contributed by atoms with Crippen LogP contribution in [0, 0.1) is 0 Å². The maximum Gasteiger partial charge on any atom is 0.0860 e. The molecule has 3 N–H and O–H groups in total. The molecule has 0 amide bonds. The van der Waals surface area contributed by atoms with Gasteiger partial charge in [-0.1, -0.05) is 25.3 Å². The van der Waals surface area contributed by atoms with Crippen molar-refractivity contribution >= 4 is 11.3 Å². The van der Waals surface area contributed by atoms with Crippen LogP contribution in [0.4, 0.5) is 0 Å². The van der Waals surface area contributed by atoms with E-state index in [1.165, 1.54) is 0 Å². The normalized spacial score (nSPS) is 12.1. The van der Waals surface area contributed by atoms with Crippen molar-refractivity contribution in [1.29, 1.82) is 0 Å². The Balaban J connectivity index is 3.19. The first-order valence-electron chi connectivity index (χ1n) is 5.68. The molecule has 0 saturated heterocycles. The van der Waals surface area contributed by atoms with Gasteiger partial charge in [-0.25, -0.2) is 0 Å². The summed E-state index contributed by atoms with van der Waals surface area (Å²) in [7, 11) is 1.82. The number of hydrogen-bond donors (Lipinski definition) is 2. The highest BCUT2D eigenvalue weighted by Gasteiger charge is 2.02. The molecule has 0 radical (unpaired) electrons. The minimum Gasteiger partial charge on any atom is -0.404 e. The van der Waals surface area contributed by atoms with Crippen molar-refractivity contribution < 1.29 is 0 Å². The van der Waals surface area contributed by atoms with Crippen LogP contribution in [0.5, 0.6) is 0 Å². The second kappa shape index (κ2) is 6.45. The summed E-state index contributed by atoms with van der Waals surface area (Å²) >= 11 is 0. The molecule has 1 aromatic heterocycles. The van der Waals surface area contributed by atoms with E-state index in [1.807, 2.05) is 32.2 Å². The third-order valence-electron chi connectivity index (χ3n) is 2.57. The summed E-state index contributed by atoms with van der Waals surface area (Å²) < 4.78 is 0. The highest BCUT2D eigenvalue weighted by Crippen LogP contribution is 2.19. The first-order chi connectivity index (χ1) is 8.62. The smallest absolute Gasteiger partial charge is 0.0860 e. The summed E-state index contributed by atoms with van der Waals surface area (Å²) in [6.45, 7) is 9.66. The summed E-state index contributed by atoms with van der Waals surface area (Å²) in [6.07, 6.45) is 7.10. The molecule has 0 unspecified atom stereocenters. The largest absolute Gasteiger partial charge is 0.404 e. The van der Waals surface area contributed by atoms with E-state index in [2.05, 4.69) is 23.5 Å². The van der Waals surface area contributed by atoms with Gasteiger partial charge in [-0.05, 0) is 42.0 Å². The lowest BCUT2D eigenvalue weighted by Gasteiger charge is -2.07. The zero-order valence-corrected chi connectivity index (χ0v) is 10.9. The second-order valence-electron chi connectivity index (χ2n) is 3.87. The molecule has 3 nitrogen and oxygen atoms in total. The fourth-order valence-corrected chi connectivity index (χ4v) is 1.46. The SMILES string of the molecule is C=C/C(=C\C(C)=C/N)c1ccnc(C(=C)NC)c1. The lowest BCUT2D eigenvalue weighted by molar-refractivity contribution is 1.10. The predicted molar refractivity (Wildman–Crippen MR) is 78.4 cm³/mol. The van der Waals surface area contributed by atoms with Crippen molar-refractivity contribution in [3.63, 3.8) is 0 Å². The van der Waals surface area contributed by atoms with Gasteiger partial charge in [-0.15, -0.1) is 0 Å². The molecule has 3 heteroatoms. The lowest BCUT2D eigenvalue weighted by Crippen LogP contribution is -2.04. The number of hydrogen-bond acceptors (Lipinski definition) is 3. The van der Waals surface area contributed by atoms with Gasteiger partial charge in [0.05, 0.1) is 11.4 Å². The van der Waals surface area contributed by atoms with E-state index in [4.69, 9.17) is 5.73 Å². The summed E-state index contributed by atoms with van der Waals surface area (Å²) in [4.78, 5) is 4.26. The lowest BCUT2D eigenvalue weighted by atomic mass is 10.0. The molecular formula is C15H19N3. The third kappa shape index (κ3) is 3.35. The Morgan fingerprint density at radius 3 is 2.78 bits per heavy atom. The number of aromatic nitrogens is 1. The van der Waals surface area contributed by atoms with Crippen LogP contribution in [0.2, 0.25) is 0 Å². The standard InChI is InChI=1S/C15H19N3/c1-5-13(8-11(2)10-16)14-6-7-18-15(9-14)12(3)17-4/h5-10,17H,1,3,16H2,2,4H3/b11-10-,13-8+. The van der Waals surface area contributed by atoms with Crippen LogP contribution in [0.3, 0.4) is 0 Å². The second-order valence-corrected chi connectivity index (χ2v) is 3.87. The molecule has 0 atom stereocenters. The van der Waals surface area contributed by atoms with Gasteiger partial charge in [0.1, 0.15) is 0 Å². The molecule has 1 heterocycles. The minimum atomic E-state index is 0.784. The Hall–Kier alpha value is -2.29. The molecule has 0 aromatic carbocycles. The molecule has 1 aromatic rings. The Kier molecular flexibility index (Phi) is 4.93. The van der Waals surface area contributed by atoms with E-state index in [-0.39, 0.29) is 0 Å². The van der Waals surface area contributed by atoms with Crippen molar-refractivity contribution in [1.82, 2.24) is 10.3 Å². The number of rotatable bonds is 5. The highest BCUT2D eigenvalue weighted by atomic mass is 14.9. The summed E-state index contributed by atoms with van der Waals surface area (Å²) in [6, 6.07) is 3.90. The quantitative estimate of drug-likeness (QED) is 0.779. The molecule has 0 spiro atoms. The van der Waals surface area contributed by atoms with Gasteiger partial charge < -0.3 is 11.1 Å². The number of nitrogens with one attached hydrogen (secondary N) is 1. The Bertz CT molecular complexity index is 510. The maximum atomic E-state index is 5.48. The third-order valence-corrected chi connectivity index (χ3v) is 2.57. The molecular weight excluding hydrogens is 222 g/mol. The van der Waals surface area contributed by atoms with Gasteiger partial charge in [-0.3, -0.25) is 4.98 Å². The summed E-state index contributed by atoms with van der Waals surface area (Å²) in [5, 5.41) is 2.98. The summed E-state index contributed by atoms with van der Waals surface area (Å²) in [5.74, 6) is 0. The Labute approximate surface area is 108 Å². The van der Waals surface area contributed by atoms with Crippen LogP contribution in [0.1, 0.15) is 18.2 Å². The number of pyridine rings is 1. The Morgan fingerprint density at radius 1 is 1.50 bits per heavy atom. The van der Waals surface area contributed by atoms with E-state index in [9.17, 15) is 0 Å². The first-order valence-corrected chi connectivity index (χ1v) is 5.68. The summed E-state index contributed by atoms with van der Waals surface area (Å²) in [5.41, 5.74) is 10.1. The fraction of sp³-hybridized carbons (Fsp3) is 0.133. The van der Waals surface area contributed by atoms with Gasteiger partial charge in [-0.2, -0.15) is 0 Å². The molecule has 0 aliphatic heterocycles. The van der Waals surface area contributed by atoms with E-state index < -0.39 is 0 Å². The van der Waals surface area contributed by atoms with Crippen LogP contribution in [-0.2, 0) is 0 Å². The monoisotopic (exact) mass is 241 g/mol. The van der Waals surface area contributed by atoms with Crippen LogP contribution < -0.4 is 11.1 Å². The van der Waals surface area contributed by atoms with Crippen molar-refractivity contribution in [2.24, 2.45) is 5.73 Å². The van der Waals surface area contributed by atoms with Crippen LogP contribution in [0.25, 0.3) is 11.3 Å². The number of allylic oxidation sites excluding steroid dienone is 4. The van der Waals surface area contributed by atoms with E-state index >= 15 is 0 Å². The van der Waals surface area contributed by atoms with Crippen molar-refractivity contribution in [3.05, 3.63) is 66.7 Å². The van der Waals surface area contributed by atoms with Crippen LogP contribution >= 0.6 is 0 Å². The average molecular weight is 241 g/mol. The van der Waals surface area contributed by atoms with Crippen LogP contribution in [0.15, 0.2) is 55.4 Å². The molecule has 1 rings (SSSR count). The molecule has 0 aliphatic carbocycles. The fourth-order valence-electron chi connectivity index (χ4n) is 1.46. The van der Waals surface area contributed by atoms with Crippen LogP contribution in [-0.4, -0.2) is 12.0 Å². The zero-order valence-electron chi connectivity index (χ0n) is 10.9. The van der Waals surface area contributed by atoms with Crippen molar-refractivity contribution in [2.45, 2.75) is 6.92 Å². The van der Waals surface area contributed by atoms with E-state index in [0.29, 0.717) is 0 Å². The minimum absolute atomic E-state index is 0.784. The van der Waals surface area contributed by atoms with Gasteiger partial charge in [0.25, 0.3) is 0 Å². The average Bonchev–Trinajstić information content (AvgIpc) is 2.43. The van der Waals surface area contributed by atoms with Gasteiger partial charge in [0.15, 0.2) is 0 Å². The van der Waals surface area contributed by atoms with Gasteiger partial charge in [0, 0.05) is 13.2 Å². The van der Waals surface area contributed by atoms with Gasteiger partial charge in [0.2, 0.25) is 0 Å². The van der Waals surface area contributed by atoms with Crippen molar-refractivity contribution in [3.8, 4) is 0 Å². The topological polar surface area (TPSA) is 50.9 Å². The van der Waals surface area contributed by atoms with Crippen molar-refractivity contribution in [2.75, 3.05) is 7.05 Å². The predicted octanol–water partition coefficient (Wildman–Crippen LogP) is 2.70. The maximum absolute atomic E-state index is 5.48. The first kappa shape index (κ1) is 13.8. The molecule has 0 saturated carbocycles. The van der Waals surface area contributed by atoms with E-state index in [1.54, 1.807) is 18.5 Å². The molecule has 18 heavy (non-hydrogen) atoms. The molecule has 0 bridgehead atoms. The molecule has 0 fully saturated rings. The molecule has 0 aliphatic rings. The number of nitrogens with zero attached hydrogens (tertiary/aromatic N) is 1. The van der Waals surface area contributed by atoms with E-state index in [0.717, 1.165) is 28.1 Å².